The van der Waals surface area contributed by atoms with Crippen molar-refractivity contribution in [3.63, 3.8) is 0 Å². The molecule has 0 N–H and O–H groups in total. The molecule has 0 bridgehead atoms. The van der Waals surface area contributed by atoms with Crippen LogP contribution in [-0.4, -0.2) is 25.4 Å². The van der Waals surface area contributed by atoms with Gasteiger partial charge in [-0.25, -0.2) is 0 Å². The van der Waals surface area contributed by atoms with Crippen LogP contribution >= 0.6 is 23.5 Å². The lowest BCUT2D eigenvalue weighted by Gasteiger charge is -2.19. The highest BCUT2D eigenvalue weighted by Crippen LogP contribution is 2.36. The SMILES string of the molecule is COc1ccc(/C=C2/CCCC(=C(SC)SC)C2=O)cc1. The first-order chi connectivity index (χ1) is 10.2. The minimum atomic E-state index is 0.218. The van der Waals surface area contributed by atoms with Gasteiger partial charge < -0.3 is 4.74 Å². The van der Waals surface area contributed by atoms with Gasteiger partial charge in [0.05, 0.1) is 7.11 Å². The molecule has 0 unspecified atom stereocenters. The number of carbonyl (C=O) groups is 1. The van der Waals surface area contributed by atoms with Gasteiger partial charge in [0.1, 0.15) is 5.75 Å². The normalized spacial score (nSPS) is 17.2. The lowest BCUT2D eigenvalue weighted by molar-refractivity contribution is -0.112. The van der Waals surface area contributed by atoms with Crippen molar-refractivity contribution in [3.8, 4) is 5.75 Å². The number of Topliss-reactive ketones (excluding diaryl/α,β-unsaturated/α-hetero) is 1. The Morgan fingerprint density at radius 3 is 2.38 bits per heavy atom. The fraction of sp³-hybridized carbons (Fsp3) is 0.353. The van der Waals surface area contributed by atoms with Gasteiger partial charge in [-0.2, -0.15) is 0 Å². The van der Waals surface area contributed by atoms with Crippen LogP contribution in [0.3, 0.4) is 0 Å². The van der Waals surface area contributed by atoms with E-state index in [1.54, 1.807) is 30.6 Å². The van der Waals surface area contributed by atoms with Gasteiger partial charge in [0, 0.05) is 15.4 Å². The number of thioether (sulfide) groups is 2. The van der Waals surface area contributed by atoms with Crippen molar-refractivity contribution in [2.45, 2.75) is 19.3 Å². The van der Waals surface area contributed by atoms with Crippen molar-refractivity contribution in [3.05, 3.63) is 45.2 Å². The average Bonchev–Trinajstić information content (AvgIpc) is 2.52. The summed E-state index contributed by atoms with van der Waals surface area (Å²) >= 11 is 3.34. The topological polar surface area (TPSA) is 26.3 Å². The van der Waals surface area contributed by atoms with Crippen LogP contribution < -0.4 is 4.74 Å². The zero-order chi connectivity index (χ0) is 15.2. The molecule has 0 radical (unpaired) electrons. The molecule has 1 saturated carbocycles. The summed E-state index contributed by atoms with van der Waals surface area (Å²) in [4.78, 5) is 12.6. The number of methoxy groups -OCH3 is 1. The second-order valence-corrected chi connectivity index (χ2v) is 6.69. The van der Waals surface area contributed by atoms with Gasteiger partial charge in [-0.3, -0.25) is 4.79 Å². The predicted molar refractivity (Wildman–Crippen MR) is 93.9 cm³/mol. The molecule has 112 valence electrons. The van der Waals surface area contributed by atoms with Crippen LogP contribution in [0.1, 0.15) is 24.8 Å². The van der Waals surface area contributed by atoms with E-state index in [2.05, 4.69) is 0 Å². The molecule has 1 aliphatic rings. The fourth-order valence-electron chi connectivity index (χ4n) is 2.44. The van der Waals surface area contributed by atoms with E-state index in [1.807, 2.05) is 42.9 Å². The highest BCUT2D eigenvalue weighted by molar-refractivity contribution is 8.21. The van der Waals surface area contributed by atoms with Gasteiger partial charge in [-0.15, -0.1) is 23.5 Å². The molecule has 21 heavy (non-hydrogen) atoms. The molecular formula is C17H20O2S2. The van der Waals surface area contributed by atoms with E-state index in [0.29, 0.717) is 0 Å². The monoisotopic (exact) mass is 320 g/mol. The summed E-state index contributed by atoms with van der Waals surface area (Å²) in [5.74, 6) is 1.05. The number of hydrogen-bond donors (Lipinski definition) is 0. The maximum Gasteiger partial charge on any atom is 0.186 e. The summed E-state index contributed by atoms with van der Waals surface area (Å²) in [7, 11) is 1.65. The molecule has 0 amide bonds. The molecule has 2 nitrogen and oxygen atoms in total. The Balaban J connectivity index is 2.28. The zero-order valence-corrected chi connectivity index (χ0v) is 14.3. The Hall–Kier alpha value is -1.13. The molecule has 0 heterocycles. The minimum Gasteiger partial charge on any atom is -0.497 e. The van der Waals surface area contributed by atoms with E-state index in [9.17, 15) is 4.79 Å². The molecule has 1 fully saturated rings. The number of ketones is 1. The van der Waals surface area contributed by atoms with Crippen molar-refractivity contribution < 1.29 is 9.53 Å². The molecule has 0 aromatic heterocycles. The fourth-order valence-corrected chi connectivity index (χ4v) is 3.99. The summed E-state index contributed by atoms with van der Waals surface area (Å²) in [5.41, 5.74) is 2.96. The quantitative estimate of drug-likeness (QED) is 0.747. The maximum atomic E-state index is 12.6. The Morgan fingerprint density at radius 2 is 1.81 bits per heavy atom. The van der Waals surface area contributed by atoms with E-state index in [-0.39, 0.29) is 5.78 Å². The van der Waals surface area contributed by atoms with E-state index in [4.69, 9.17) is 4.74 Å². The third kappa shape index (κ3) is 3.95. The Bertz CT molecular complexity index is 565. The van der Waals surface area contributed by atoms with Gasteiger partial charge in [-0.1, -0.05) is 12.1 Å². The van der Waals surface area contributed by atoms with Gasteiger partial charge in [0.2, 0.25) is 0 Å². The molecule has 4 heteroatoms. The number of carbonyl (C=O) groups excluding carboxylic acids is 1. The zero-order valence-electron chi connectivity index (χ0n) is 12.6. The first-order valence-electron chi connectivity index (χ1n) is 6.90. The molecule has 1 aliphatic carbocycles. The summed E-state index contributed by atoms with van der Waals surface area (Å²) in [6.07, 6.45) is 8.90. The van der Waals surface area contributed by atoms with E-state index < -0.39 is 0 Å². The smallest absolute Gasteiger partial charge is 0.186 e. The lowest BCUT2D eigenvalue weighted by atomic mass is 9.88. The Kier molecular flexibility index (Phi) is 6.00. The van der Waals surface area contributed by atoms with Crippen LogP contribution in [0.5, 0.6) is 5.75 Å². The molecule has 1 aromatic carbocycles. The number of benzene rings is 1. The minimum absolute atomic E-state index is 0.218. The second kappa shape index (κ2) is 7.76. The Morgan fingerprint density at radius 1 is 1.14 bits per heavy atom. The predicted octanol–water partition coefficient (Wildman–Crippen LogP) is 4.77. The molecule has 0 saturated heterocycles. The maximum absolute atomic E-state index is 12.6. The van der Waals surface area contributed by atoms with Crippen molar-refractivity contribution in [2.75, 3.05) is 19.6 Å². The van der Waals surface area contributed by atoms with Crippen molar-refractivity contribution in [1.29, 1.82) is 0 Å². The van der Waals surface area contributed by atoms with Crippen molar-refractivity contribution in [1.82, 2.24) is 0 Å². The van der Waals surface area contributed by atoms with Gasteiger partial charge in [0.25, 0.3) is 0 Å². The number of allylic oxidation sites excluding steroid dienone is 2. The molecule has 0 spiro atoms. The summed E-state index contributed by atoms with van der Waals surface area (Å²) in [6.45, 7) is 0. The van der Waals surface area contributed by atoms with Crippen LogP contribution in [0.2, 0.25) is 0 Å². The average molecular weight is 320 g/mol. The van der Waals surface area contributed by atoms with Crippen LogP contribution in [0.4, 0.5) is 0 Å². The van der Waals surface area contributed by atoms with E-state index >= 15 is 0 Å². The largest absolute Gasteiger partial charge is 0.497 e. The number of rotatable bonds is 4. The molecule has 0 aliphatic heterocycles. The Labute approximate surface area is 135 Å². The van der Waals surface area contributed by atoms with Gasteiger partial charge in [-0.05, 0) is 55.5 Å². The van der Waals surface area contributed by atoms with Gasteiger partial charge in [0.15, 0.2) is 5.78 Å². The van der Waals surface area contributed by atoms with Crippen LogP contribution in [-0.2, 0) is 4.79 Å². The number of ether oxygens (including phenoxy) is 1. The second-order valence-electron chi connectivity index (χ2n) is 4.80. The van der Waals surface area contributed by atoms with E-state index in [1.165, 1.54) is 0 Å². The highest BCUT2D eigenvalue weighted by Gasteiger charge is 2.23. The number of hydrogen-bond acceptors (Lipinski definition) is 4. The summed E-state index contributed by atoms with van der Waals surface area (Å²) in [5, 5.41) is 0. The highest BCUT2D eigenvalue weighted by atomic mass is 32.2. The van der Waals surface area contributed by atoms with E-state index in [0.717, 1.165) is 46.0 Å². The first kappa shape index (κ1) is 16.2. The first-order valence-corrected chi connectivity index (χ1v) is 9.35. The summed E-state index contributed by atoms with van der Waals surface area (Å²) in [6, 6.07) is 7.82. The van der Waals surface area contributed by atoms with Crippen molar-refractivity contribution >= 4 is 35.4 Å². The molecule has 0 atom stereocenters. The summed E-state index contributed by atoms with van der Waals surface area (Å²) < 4.78 is 6.31. The molecule has 2 rings (SSSR count). The van der Waals surface area contributed by atoms with Gasteiger partial charge >= 0.3 is 0 Å². The molecular weight excluding hydrogens is 300 g/mol. The van der Waals surface area contributed by atoms with Crippen molar-refractivity contribution in [2.24, 2.45) is 0 Å². The molecule has 1 aromatic rings. The standard InChI is InChI=1S/C17H20O2S2/c1-19-14-9-7-12(8-10-14)11-13-5-4-6-15(16(13)18)17(20-2)21-3/h7-11H,4-6H2,1-3H3/b13-11-. The van der Waals surface area contributed by atoms with Crippen LogP contribution in [0, 0.1) is 0 Å². The van der Waals surface area contributed by atoms with Crippen LogP contribution in [0.15, 0.2) is 39.6 Å². The van der Waals surface area contributed by atoms with Crippen LogP contribution in [0.25, 0.3) is 6.08 Å². The third-order valence-electron chi connectivity index (χ3n) is 3.51. The third-order valence-corrected chi connectivity index (χ3v) is 5.75. The lowest BCUT2D eigenvalue weighted by Crippen LogP contribution is -2.13.